The van der Waals surface area contributed by atoms with Gasteiger partial charge < -0.3 is 11.1 Å². The van der Waals surface area contributed by atoms with Crippen LogP contribution in [-0.4, -0.2) is 4.98 Å². The van der Waals surface area contributed by atoms with Crippen LogP contribution in [0.4, 0.5) is 15.8 Å². The molecule has 1 heterocycles. The fourth-order valence-electron chi connectivity index (χ4n) is 1.48. The van der Waals surface area contributed by atoms with Gasteiger partial charge in [0.15, 0.2) is 0 Å². The van der Waals surface area contributed by atoms with Gasteiger partial charge in [-0.25, -0.2) is 4.39 Å². The van der Waals surface area contributed by atoms with E-state index >= 15 is 0 Å². The highest BCUT2D eigenvalue weighted by Gasteiger charge is 2.01. The van der Waals surface area contributed by atoms with Gasteiger partial charge >= 0.3 is 0 Å². The summed E-state index contributed by atoms with van der Waals surface area (Å²) in [6.45, 7) is 2.46. The number of nitrogens with one attached hydrogen (secondary N) is 1. The number of aromatic nitrogens is 1. The summed E-state index contributed by atoms with van der Waals surface area (Å²) >= 11 is 0. The number of hydrogen-bond donors (Lipinski definition) is 2. The van der Waals surface area contributed by atoms with Crippen molar-refractivity contribution in [1.82, 2.24) is 4.98 Å². The van der Waals surface area contributed by atoms with Crippen LogP contribution < -0.4 is 11.1 Å². The standard InChI is InChI=1S/C13H14FN3/c1-9-2-3-10(7-16-9)8-17-13-5-4-11(15)6-12(13)14/h2-7,17H,8,15H2,1H3. The molecule has 17 heavy (non-hydrogen) atoms. The summed E-state index contributed by atoms with van der Waals surface area (Å²) in [6.07, 6.45) is 1.78. The maximum absolute atomic E-state index is 13.5. The fraction of sp³-hybridized carbons (Fsp3) is 0.154. The zero-order chi connectivity index (χ0) is 12.3. The lowest BCUT2D eigenvalue weighted by Crippen LogP contribution is -2.02. The Hall–Kier alpha value is -2.10. The Balaban J connectivity index is 2.04. The summed E-state index contributed by atoms with van der Waals surface area (Å²) in [5.41, 5.74) is 8.31. The minimum absolute atomic E-state index is 0.343. The minimum Gasteiger partial charge on any atom is -0.399 e. The molecule has 0 bridgehead atoms. The highest BCUT2D eigenvalue weighted by molar-refractivity contribution is 5.52. The number of rotatable bonds is 3. The molecule has 0 unspecified atom stereocenters. The number of benzene rings is 1. The van der Waals surface area contributed by atoms with Gasteiger partial charge in [0.25, 0.3) is 0 Å². The highest BCUT2D eigenvalue weighted by Crippen LogP contribution is 2.17. The van der Waals surface area contributed by atoms with Gasteiger partial charge in [0.2, 0.25) is 0 Å². The number of hydrogen-bond acceptors (Lipinski definition) is 3. The van der Waals surface area contributed by atoms with Gasteiger partial charge in [-0.05, 0) is 36.8 Å². The maximum atomic E-state index is 13.5. The second-order valence-corrected chi connectivity index (χ2v) is 3.90. The van der Waals surface area contributed by atoms with Crippen molar-refractivity contribution in [2.75, 3.05) is 11.1 Å². The SMILES string of the molecule is Cc1ccc(CNc2ccc(N)cc2F)cn1. The monoisotopic (exact) mass is 231 g/mol. The van der Waals surface area contributed by atoms with E-state index in [0.29, 0.717) is 17.9 Å². The van der Waals surface area contributed by atoms with E-state index in [1.165, 1.54) is 6.07 Å². The Kier molecular flexibility index (Phi) is 3.23. The predicted molar refractivity (Wildman–Crippen MR) is 67.1 cm³/mol. The van der Waals surface area contributed by atoms with E-state index in [2.05, 4.69) is 10.3 Å². The van der Waals surface area contributed by atoms with Crippen LogP contribution in [-0.2, 0) is 6.54 Å². The molecule has 1 aromatic heterocycles. The molecule has 0 spiro atoms. The molecule has 0 saturated heterocycles. The third-order valence-corrected chi connectivity index (χ3v) is 2.45. The number of nitrogens with zero attached hydrogens (tertiary/aromatic N) is 1. The van der Waals surface area contributed by atoms with Crippen LogP contribution in [0.25, 0.3) is 0 Å². The molecule has 0 saturated carbocycles. The molecule has 0 radical (unpaired) electrons. The molecular formula is C13H14FN3. The minimum atomic E-state index is -0.343. The first-order valence-corrected chi connectivity index (χ1v) is 5.35. The molecule has 4 heteroatoms. The summed E-state index contributed by atoms with van der Waals surface area (Å²) in [7, 11) is 0. The first kappa shape index (κ1) is 11.4. The summed E-state index contributed by atoms with van der Waals surface area (Å²) in [5.74, 6) is -0.343. The molecule has 0 fully saturated rings. The molecule has 88 valence electrons. The van der Waals surface area contributed by atoms with Crippen LogP contribution in [0.1, 0.15) is 11.3 Å². The van der Waals surface area contributed by atoms with Gasteiger partial charge in [-0.1, -0.05) is 6.07 Å². The van der Waals surface area contributed by atoms with Crippen molar-refractivity contribution in [1.29, 1.82) is 0 Å². The highest BCUT2D eigenvalue weighted by atomic mass is 19.1. The Morgan fingerprint density at radius 2 is 2.12 bits per heavy atom. The topological polar surface area (TPSA) is 50.9 Å². The molecule has 2 rings (SSSR count). The zero-order valence-electron chi connectivity index (χ0n) is 9.57. The van der Waals surface area contributed by atoms with Crippen molar-refractivity contribution in [3.63, 3.8) is 0 Å². The smallest absolute Gasteiger partial charge is 0.148 e. The molecule has 3 nitrogen and oxygen atoms in total. The molecule has 0 aliphatic rings. The van der Waals surface area contributed by atoms with Gasteiger partial charge in [-0.15, -0.1) is 0 Å². The van der Waals surface area contributed by atoms with Crippen molar-refractivity contribution in [3.8, 4) is 0 Å². The predicted octanol–water partition coefficient (Wildman–Crippen LogP) is 2.72. The third kappa shape index (κ3) is 2.93. The van der Waals surface area contributed by atoms with Crippen LogP contribution in [0, 0.1) is 12.7 Å². The van der Waals surface area contributed by atoms with Crippen molar-refractivity contribution >= 4 is 11.4 Å². The molecule has 0 amide bonds. The first-order chi connectivity index (χ1) is 8.15. The number of pyridine rings is 1. The van der Waals surface area contributed by atoms with Crippen LogP contribution in [0.5, 0.6) is 0 Å². The number of nitrogens with two attached hydrogens (primary N) is 1. The van der Waals surface area contributed by atoms with Crippen molar-refractivity contribution in [3.05, 3.63) is 53.6 Å². The molecule has 0 atom stereocenters. The largest absolute Gasteiger partial charge is 0.399 e. The van der Waals surface area contributed by atoms with Gasteiger partial charge in [0.1, 0.15) is 5.82 Å². The molecule has 0 aliphatic heterocycles. The third-order valence-electron chi connectivity index (χ3n) is 2.45. The summed E-state index contributed by atoms with van der Waals surface area (Å²) in [5, 5.41) is 3.01. The van der Waals surface area contributed by atoms with Gasteiger partial charge in [-0.2, -0.15) is 0 Å². The molecular weight excluding hydrogens is 217 g/mol. The lowest BCUT2D eigenvalue weighted by molar-refractivity contribution is 0.631. The van der Waals surface area contributed by atoms with Gasteiger partial charge in [0, 0.05) is 24.1 Å². The number of halogens is 1. The van der Waals surface area contributed by atoms with Gasteiger partial charge in [0.05, 0.1) is 5.69 Å². The average molecular weight is 231 g/mol. The molecule has 0 aliphatic carbocycles. The number of nitrogen functional groups attached to an aromatic ring is 1. The Bertz CT molecular complexity index is 509. The Labute approximate surface area is 99.5 Å². The number of aryl methyl sites for hydroxylation is 1. The zero-order valence-corrected chi connectivity index (χ0v) is 9.57. The quantitative estimate of drug-likeness (QED) is 0.798. The Morgan fingerprint density at radius 1 is 1.29 bits per heavy atom. The molecule has 2 aromatic rings. The second kappa shape index (κ2) is 4.82. The van der Waals surface area contributed by atoms with Crippen LogP contribution >= 0.6 is 0 Å². The van der Waals surface area contributed by atoms with E-state index in [-0.39, 0.29) is 5.82 Å². The summed E-state index contributed by atoms with van der Waals surface area (Å²) in [4.78, 5) is 4.17. The van der Waals surface area contributed by atoms with E-state index in [0.717, 1.165) is 11.3 Å². The summed E-state index contributed by atoms with van der Waals surface area (Å²) in [6, 6.07) is 8.49. The normalized spacial score (nSPS) is 10.2. The second-order valence-electron chi connectivity index (χ2n) is 3.90. The lowest BCUT2D eigenvalue weighted by atomic mass is 10.2. The van der Waals surface area contributed by atoms with E-state index in [1.807, 2.05) is 19.1 Å². The first-order valence-electron chi connectivity index (χ1n) is 5.35. The summed E-state index contributed by atoms with van der Waals surface area (Å²) < 4.78 is 13.5. The van der Waals surface area contributed by atoms with Crippen LogP contribution in [0.3, 0.4) is 0 Å². The van der Waals surface area contributed by atoms with Crippen molar-refractivity contribution in [2.24, 2.45) is 0 Å². The van der Waals surface area contributed by atoms with Crippen molar-refractivity contribution < 1.29 is 4.39 Å². The molecule has 3 N–H and O–H groups in total. The van der Waals surface area contributed by atoms with E-state index in [9.17, 15) is 4.39 Å². The van der Waals surface area contributed by atoms with Crippen LogP contribution in [0.15, 0.2) is 36.5 Å². The molecule has 1 aromatic carbocycles. The lowest BCUT2D eigenvalue weighted by Gasteiger charge is -2.08. The Morgan fingerprint density at radius 3 is 2.76 bits per heavy atom. The average Bonchev–Trinajstić information content (AvgIpc) is 2.30. The van der Waals surface area contributed by atoms with E-state index in [1.54, 1.807) is 18.3 Å². The van der Waals surface area contributed by atoms with Crippen molar-refractivity contribution in [2.45, 2.75) is 13.5 Å². The van der Waals surface area contributed by atoms with Gasteiger partial charge in [-0.3, -0.25) is 4.98 Å². The maximum Gasteiger partial charge on any atom is 0.148 e. The fourth-order valence-corrected chi connectivity index (χ4v) is 1.48. The van der Waals surface area contributed by atoms with Crippen LogP contribution in [0.2, 0.25) is 0 Å². The number of anilines is 2. The van der Waals surface area contributed by atoms with E-state index in [4.69, 9.17) is 5.73 Å². The van der Waals surface area contributed by atoms with E-state index < -0.39 is 0 Å².